The number of hydrogen-bond donors (Lipinski definition) is 0. The molecule has 106 valence electrons. The average molecular weight is 277 g/mol. The van der Waals surface area contributed by atoms with E-state index >= 15 is 0 Å². The minimum absolute atomic E-state index is 0.703. The molecule has 0 saturated carbocycles. The van der Waals surface area contributed by atoms with Crippen molar-refractivity contribution < 1.29 is 0 Å². The molecule has 1 aliphatic heterocycles. The van der Waals surface area contributed by atoms with Crippen LogP contribution in [0.3, 0.4) is 0 Å². The molecule has 3 nitrogen and oxygen atoms in total. The minimum atomic E-state index is 0.703. The fourth-order valence-electron chi connectivity index (χ4n) is 2.95. The molecule has 1 aromatic heterocycles. The largest absolute Gasteiger partial charge is 0.355 e. The fourth-order valence-corrected chi connectivity index (χ4v) is 2.95. The van der Waals surface area contributed by atoms with Gasteiger partial charge in [0.25, 0.3) is 0 Å². The van der Waals surface area contributed by atoms with Crippen LogP contribution >= 0.6 is 0 Å². The lowest BCUT2D eigenvalue weighted by Crippen LogP contribution is -2.31. The molecule has 0 bridgehead atoms. The van der Waals surface area contributed by atoms with Crippen molar-refractivity contribution in [3.05, 3.63) is 47.7 Å². The van der Waals surface area contributed by atoms with Gasteiger partial charge in [-0.1, -0.05) is 30.3 Å². The van der Waals surface area contributed by atoms with Crippen molar-refractivity contribution in [1.29, 1.82) is 5.26 Å². The number of aromatic nitrogens is 1. The molecule has 0 radical (unpaired) electrons. The highest BCUT2D eigenvalue weighted by molar-refractivity contribution is 5.77. The Hall–Kier alpha value is -2.34. The first-order valence-corrected chi connectivity index (χ1v) is 7.51. The summed E-state index contributed by atoms with van der Waals surface area (Å²) in [4.78, 5) is 6.92. The third kappa shape index (κ3) is 2.75. The highest BCUT2D eigenvalue weighted by atomic mass is 15.2. The van der Waals surface area contributed by atoms with Crippen molar-refractivity contribution in [1.82, 2.24) is 4.98 Å². The molecular weight excluding hydrogens is 258 g/mol. The van der Waals surface area contributed by atoms with Gasteiger partial charge >= 0.3 is 0 Å². The Balaban J connectivity index is 2.13. The van der Waals surface area contributed by atoms with E-state index in [1.807, 2.05) is 31.2 Å². The van der Waals surface area contributed by atoms with E-state index < -0.39 is 0 Å². The predicted octanol–water partition coefficient (Wildman–Crippen LogP) is 3.92. The van der Waals surface area contributed by atoms with Crippen molar-refractivity contribution in [2.24, 2.45) is 0 Å². The normalized spacial score (nSPS) is 14.8. The van der Waals surface area contributed by atoms with Gasteiger partial charge in [0.15, 0.2) is 0 Å². The van der Waals surface area contributed by atoms with Crippen LogP contribution in [0.5, 0.6) is 0 Å². The molecule has 1 aromatic carbocycles. The van der Waals surface area contributed by atoms with Gasteiger partial charge in [0, 0.05) is 24.3 Å². The molecule has 21 heavy (non-hydrogen) atoms. The van der Waals surface area contributed by atoms with Crippen LogP contribution in [-0.4, -0.2) is 18.1 Å². The molecule has 0 aliphatic carbocycles. The number of aryl methyl sites for hydroxylation is 1. The van der Waals surface area contributed by atoms with Crippen molar-refractivity contribution in [2.75, 3.05) is 18.0 Å². The molecule has 1 aliphatic rings. The monoisotopic (exact) mass is 277 g/mol. The number of rotatable bonds is 2. The predicted molar refractivity (Wildman–Crippen MR) is 85.2 cm³/mol. The molecule has 1 fully saturated rings. The van der Waals surface area contributed by atoms with Gasteiger partial charge in [0.05, 0.1) is 0 Å². The molecule has 0 amide bonds. The van der Waals surface area contributed by atoms with E-state index in [0.29, 0.717) is 5.56 Å². The summed E-state index contributed by atoms with van der Waals surface area (Å²) in [6.07, 6.45) is 3.64. The quantitative estimate of drug-likeness (QED) is 0.835. The second-order valence-corrected chi connectivity index (χ2v) is 5.54. The molecule has 3 heteroatoms. The average Bonchev–Trinajstić information content (AvgIpc) is 2.55. The molecule has 3 rings (SSSR count). The van der Waals surface area contributed by atoms with Crippen molar-refractivity contribution in [3.8, 4) is 17.2 Å². The van der Waals surface area contributed by atoms with Gasteiger partial charge < -0.3 is 4.90 Å². The Morgan fingerprint density at radius 1 is 1.10 bits per heavy atom. The number of pyridine rings is 1. The van der Waals surface area contributed by atoms with Gasteiger partial charge in [-0.3, -0.25) is 0 Å². The van der Waals surface area contributed by atoms with Crippen LogP contribution < -0.4 is 4.90 Å². The van der Waals surface area contributed by atoms with Crippen LogP contribution in [0.25, 0.3) is 11.1 Å². The van der Waals surface area contributed by atoms with Crippen molar-refractivity contribution in [2.45, 2.75) is 26.2 Å². The Kier molecular flexibility index (Phi) is 3.87. The zero-order valence-corrected chi connectivity index (χ0v) is 12.3. The van der Waals surface area contributed by atoms with Gasteiger partial charge in [-0.25, -0.2) is 4.98 Å². The van der Waals surface area contributed by atoms with Crippen LogP contribution in [-0.2, 0) is 0 Å². The number of anilines is 1. The third-order valence-corrected chi connectivity index (χ3v) is 3.98. The highest BCUT2D eigenvalue weighted by Crippen LogP contribution is 2.31. The van der Waals surface area contributed by atoms with E-state index in [1.54, 1.807) is 0 Å². The van der Waals surface area contributed by atoms with Gasteiger partial charge in [0.1, 0.15) is 17.5 Å². The smallest absolute Gasteiger partial charge is 0.147 e. The van der Waals surface area contributed by atoms with Gasteiger partial charge in [0.2, 0.25) is 0 Å². The summed E-state index contributed by atoms with van der Waals surface area (Å²) < 4.78 is 0. The maximum atomic E-state index is 9.67. The first kappa shape index (κ1) is 13.6. The number of nitriles is 1. The van der Waals surface area contributed by atoms with Crippen LogP contribution in [0.4, 0.5) is 5.82 Å². The summed E-state index contributed by atoms with van der Waals surface area (Å²) in [5, 5.41) is 9.67. The lowest BCUT2D eigenvalue weighted by Gasteiger charge is -2.29. The second kappa shape index (κ2) is 5.97. The van der Waals surface area contributed by atoms with Crippen molar-refractivity contribution in [3.63, 3.8) is 0 Å². The second-order valence-electron chi connectivity index (χ2n) is 5.54. The lowest BCUT2D eigenvalue weighted by molar-refractivity contribution is 0.573. The van der Waals surface area contributed by atoms with Gasteiger partial charge in [-0.05, 0) is 37.8 Å². The molecule has 0 spiro atoms. The Morgan fingerprint density at radius 3 is 2.48 bits per heavy atom. The molecule has 2 aromatic rings. The molecular formula is C18H19N3. The standard InChI is InChI=1S/C18H19N3/c1-14-12-16(15-8-4-2-5-9-15)17(13-19)18(20-14)21-10-6-3-7-11-21/h2,4-5,8-9,12H,3,6-7,10-11H2,1H3. The highest BCUT2D eigenvalue weighted by Gasteiger charge is 2.19. The van der Waals surface area contributed by atoms with E-state index in [9.17, 15) is 5.26 Å². The number of hydrogen-bond acceptors (Lipinski definition) is 3. The van der Waals surface area contributed by atoms with E-state index in [-0.39, 0.29) is 0 Å². The van der Waals surface area contributed by atoms with Gasteiger partial charge in [-0.15, -0.1) is 0 Å². The van der Waals surface area contributed by atoms with E-state index in [2.05, 4.69) is 28.1 Å². The topological polar surface area (TPSA) is 39.9 Å². The number of benzene rings is 1. The lowest BCUT2D eigenvalue weighted by atomic mass is 9.99. The molecule has 1 saturated heterocycles. The van der Waals surface area contributed by atoms with E-state index in [0.717, 1.165) is 35.7 Å². The summed E-state index contributed by atoms with van der Waals surface area (Å²) >= 11 is 0. The summed E-state index contributed by atoms with van der Waals surface area (Å²) in [6.45, 7) is 4.00. The Labute approximate surface area is 125 Å². The number of nitrogens with zero attached hydrogens (tertiary/aromatic N) is 3. The molecule has 0 unspecified atom stereocenters. The van der Waals surface area contributed by atoms with E-state index in [4.69, 9.17) is 0 Å². The Morgan fingerprint density at radius 2 is 1.81 bits per heavy atom. The number of piperidine rings is 1. The molecule has 0 N–H and O–H groups in total. The first-order chi connectivity index (χ1) is 10.3. The van der Waals surface area contributed by atoms with Crippen LogP contribution in [0.1, 0.15) is 30.5 Å². The third-order valence-electron chi connectivity index (χ3n) is 3.98. The summed E-state index contributed by atoms with van der Waals surface area (Å²) in [7, 11) is 0. The molecule has 0 atom stereocenters. The maximum Gasteiger partial charge on any atom is 0.147 e. The van der Waals surface area contributed by atoms with E-state index in [1.165, 1.54) is 19.3 Å². The summed E-state index contributed by atoms with van der Waals surface area (Å²) in [5.41, 5.74) is 3.74. The Bertz CT molecular complexity index is 665. The first-order valence-electron chi connectivity index (χ1n) is 7.51. The maximum absolute atomic E-state index is 9.67. The van der Waals surface area contributed by atoms with Crippen LogP contribution in [0.2, 0.25) is 0 Å². The minimum Gasteiger partial charge on any atom is -0.355 e. The zero-order valence-electron chi connectivity index (χ0n) is 12.3. The summed E-state index contributed by atoms with van der Waals surface area (Å²) in [5.74, 6) is 0.857. The van der Waals surface area contributed by atoms with Crippen LogP contribution in [0, 0.1) is 18.3 Å². The van der Waals surface area contributed by atoms with Crippen molar-refractivity contribution >= 4 is 5.82 Å². The molecule has 2 heterocycles. The fraction of sp³-hybridized carbons (Fsp3) is 0.333. The van der Waals surface area contributed by atoms with Crippen LogP contribution in [0.15, 0.2) is 36.4 Å². The zero-order chi connectivity index (χ0) is 14.7. The SMILES string of the molecule is Cc1cc(-c2ccccc2)c(C#N)c(N2CCCCC2)n1. The van der Waals surface area contributed by atoms with Gasteiger partial charge in [-0.2, -0.15) is 5.26 Å². The summed E-state index contributed by atoms with van der Waals surface area (Å²) in [6, 6.07) is 14.5.